The fourth-order valence-electron chi connectivity index (χ4n) is 2.48. The minimum atomic E-state index is -1.07. The molecular weight excluding hydrogens is 254 g/mol. The lowest BCUT2D eigenvalue weighted by Gasteiger charge is -2.30. The number of nitriles is 1. The van der Waals surface area contributed by atoms with Crippen molar-refractivity contribution in [3.63, 3.8) is 0 Å². The van der Waals surface area contributed by atoms with Gasteiger partial charge in [-0.1, -0.05) is 0 Å². The summed E-state index contributed by atoms with van der Waals surface area (Å²) >= 11 is 0. The molecule has 5 nitrogen and oxygen atoms in total. The van der Waals surface area contributed by atoms with E-state index in [1.54, 1.807) is 13.0 Å². The number of fused-ring (bicyclic) bond motifs is 1. The number of nitrogens with zero attached hydrogens (tertiary/aromatic N) is 1. The highest BCUT2D eigenvalue weighted by Crippen LogP contribution is 2.44. The van der Waals surface area contributed by atoms with Crippen LogP contribution in [0.25, 0.3) is 0 Å². The largest absolute Gasteiger partial charge is 0.457 e. The summed E-state index contributed by atoms with van der Waals surface area (Å²) in [6.45, 7) is 5.82. The van der Waals surface area contributed by atoms with E-state index in [9.17, 15) is 5.26 Å². The molecule has 2 heterocycles. The summed E-state index contributed by atoms with van der Waals surface area (Å²) in [5, 5.41) is 12.6. The van der Waals surface area contributed by atoms with Crippen LogP contribution in [0.4, 0.5) is 5.69 Å². The number of benzene rings is 1. The summed E-state index contributed by atoms with van der Waals surface area (Å²) in [6.07, 6.45) is 1.73. The predicted octanol–water partition coefficient (Wildman–Crippen LogP) is 2.43. The quantitative estimate of drug-likeness (QED) is 0.756. The maximum atomic E-state index is 9.34. The van der Waals surface area contributed by atoms with Crippen molar-refractivity contribution < 1.29 is 9.47 Å². The third-order valence-electron chi connectivity index (χ3n) is 3.59. The normalized spacial score (nSPS) is 23.4. The van der Waals surface area contributed by atoms with Gasteiger partial charge in [0.2, 0.25) is 11.6 Å². The van der Waals surface area contributed by atoms with Crippen molar-refractivity contribution in [1.29, 1.82) is 5.26 Å². The monoisotopic (exact) mass is 269 g/mol. The zero-order chi connectivity index (χ0) is 14.5. The number of hydrogen-bond donors (Lipinski definition) is 2. The SMILES string of the molecule is CC1=C[C@@]2(Nc3cc(C)c(C)cc3O2)C(C#N)=C(N)O1. The van der Waals surface area contributed by atoms with Gasteiger partial charge < -0.3 is 20.5 Å². The number of aryl methyl sites for hydroxylation is 2. The molecule has 1 aromatic carbocycles. The molecule has 0 bridgehead atoms. The van der Waals surface area contributed by atoms with E-state index in [-0.39, 0.29) is 11.5 Å². The molecule has 0 amide bonds. The number of nitrogens with two attached hydrogens (primary N) is 1. The number of ether oxygens (including phenoxy) is 2. The van der Waals surface area contributed by atoms with Gasteiger partial charge in [0.25, 0.3) is 0 Å². The van der Waals surface area contributed by atoms with Gasteiger partial charge in [0, 0.05) is 6.08 Å². The van der Waals surface area contributed by atoms with Gasteiger partial charge >= 0.3 is 0 Å². The molecule has 3 N–H and O–H groups in total. The van der Waals surface area contributed by atoms with Crippen LogP contribution >= 0.6 is 0 Å². The Balaban J connectivity index is 2.13. The summed E-state index contributed by atoms with van der Waals surface area (Å²) in [4.78, 5) is 0. The van der Waals surface area contributed by atoms with Gasteiger partial charge in [-0.2, -0.15) is 5.26 Å². The zero-order valence-electron chi connectivity index (χ0n) is 11.6. The Labute approximate surface area is 117 Å². The molecule has 102 valence electrons. The van der Waals surface area contributed by atoms with Crippen LogP contribution in [0, 0.1) is 25.2 Å². The topological polar surface area (TPSA) is 80.3 Å². The highest BCUT2D eigenvalue weighted by Gasteiger charge is 2.46. The Morgan fingerprint density at radius 1 is 1.25 bits per heavy atom. The summed E-state index contributed by atoms with van der Waals surface area (Å²) in [5.74, 6) is 1.37. The van der Waals surface area contributed by atoms with E-state index in [4.69, 9.17) is 15.2 Å². The van der Waals surface area contributed by atoms with Gasteiger partial charge in [0.15, 0.2) is 5.57 Å². The van der Waals surface area contributed by atoms with Gasteiger partial charge in [-0.25, -0.2) is 0 Å². The molecule has 1 aromatic rings. The number of allylic oxidation sites excluding steroid dienone is 1. The van der Waals surface area contributed by atoms with Crippen LogP contribution in [0.2, 0.25) is 0 Å². The fourth-order valence-corrected chi connectivity index (χ4v) is 2.48. The summed E-state index contributed by atoms with van der Waals surface area (Å²) in [6, 6.07) is 6.03. The van der Waals surface area contributed by atoms with Crippen molar-refractivity contribution >= 4 is 5.69 Å². The highest BCUT2D eigenvalue weighted by atomic mass is 16.5. The molecule has 2 aliphatic heterocycles. The molecule has 0 aliphatic carbocycles. The molecule has 3 rings (SSSR count). The molecule has 0 saturated carbocycles. The molecule has 5 heteroatoms. The third kappa shape index (κ3) is 1.62. The highest BCUT2D eigenvalue weighted by molar-refractivity contribution is 5.69. The minimum Gasteiger partial charge on any atom is -0.457 e. The van der Waals surface area contributed by atoms with Gasteiger partial charge in [-0.15, -0.1) is 0 Å². The maximum absolute atomic E-state index is 9.34. The maximum Gasteiger partial charge on any atom is 0.245 e. The second-order valence-corrected chi connectivity index (χ2v) is 5.10. The van der Waals surface area contributed by atoms with E-state index in [1.807, 2.05) is 26.0 Å². The summed E-state index contributed by atoms with van der Waals surface area (Å²) < 4.78 is 11.3. The lowest BCUT2D eigenvalue weighted by Crippen LogP contribution is -2.44. The van der Waals surface area contributed by atoms with Gasteiger partial charge in [-0.3, -0.25) is 0 Å². The first kappa shape index (κ1) is 12.4. The first-order valence-corrected chi connectivity index (χ1v) is 6.31. The number of hydrogen-bond acceptors (Lipinski definition) is 5. The average molecular weight is 269 g/mol. The molecule has 1 spiro atoms. The molecular formula is C15H15N3O2. The molecule has 0 fully saturated rings. The van der Waals surface area contributed by atoms with Crippen LogP contribution < -0.4 is 15.8 Å². The predicted molar refractivity (Wildman–Crippen MR) is 74.6 cm³/mol. The second-order valence-electron chi connectivity index (χ2n) is 5.10. The van der Waals surface area contributed by atoms with Crippen LogP contribution in [0.5, 0.6) is 5.75 Å². The number of anilines is 1. The molecule has 0 aromatic heterocycles. The first-order valence-electron chi connectivity index (χ1n) is 6.31. The van der Waals surface area contributed by atoms with Crippen LogP contribution in [0.1, 0.15) is 18.1 Å². The van der Waals surface area contributed by atoms with Crippen molar-refractivity contribution in [2.75, 3.05) is 5.32 Å². The molecule has 1 atom stereocenters. The first-order chi connectivity index (χ1) is 9.45. The van der Waals surface area contributed by atoms with Gasteiger partial charge in [0.05, 0.1) is 5.69 Å². The van der Waals surface area contributed by atoms with E-state index in [0.717, 1.165) is 16.8 Å². The van der Waals surface area contributed by atoms with Crippen LogP contribution in [0.3, 0.4) is 0 Å². The van der Waals surface area contributed by atoms with Crippen molar-refractivity contribution in [2.24, 2.45) is 5.73 Å². The Hall–Kier alpha value is -2.61. The van der Waals surface area contributed by atoms with E-state index >= 15 is 0 Å². The Morgan fingerprint density at radius 3 is 2.65 bits per heavy atom. The van der Waals surface area contributed by atoms with Crippen molar-refractivity contribution in [2.45, 2.75) is 26.5 Å². The zero-order valence-corrected chi connectivity index (χ0v) is 11.6. The third-order valence-corrected chi connectivity index (χ3v) is 3.59. The van der Waals surface area contributed by atoms with Gasteiger partial charge in [-0.05, 0) is 44.0 Å². The molecule has 20 heavy (non-hydrogen) atoms. The van der Waals surface area contributed by atoms with Crippen molar-refractivity contribution in [3.05, 3.63) is 46.6 Å². The van der Waals surface area contributed by atoms with Crippen molar-refractivity contribution in [3.8, 4) is 11.8 Å². The Kier molecular flexibility index (Phi) is 2.45. The Bertz CT molecular complexity index is 680. The van der Waals surface area contributed by atoms with Crippen LogP contribution in [-0.2, 0) is 4.74 Å². The minimum absolute atomic E-state index is 0.0706. The number of nitrogens with one attached hydrogen (secondary N) is 1. The van der Waals surface area contributed by atoms with Crippen molar-refractivity contribution in [1.82, 2.24) is 0 Å². The lowest BCUT2D eigenvalue weighted by molar-refractivity contribution is 0.175. The van der Waals surface area contributed by atoms with E-state index in [2.05, 4.69) is 11.4 Å². The van der Waals surface area contributed by atoms with Crippen LogP contribution in [0.15, 0.2) is 35.4 Å². The van der Waals surface area contributed by atoms with Crippen LogP contribution in [-0.4, -0.2) is 5.72 Å². The van der Waals surface area contributed by atoms with E-state index < -0.39 is 5.72 Å². The van der Waals surface area contributed by atoms with E-state index in [0.29, 0.717) is 11.5 Å². The fraction of sp³-hybridized carbons (Fsp3) is 0.267. The smallest absolute Gasteiger partial charge is 0.245 e. The number of rotatable bonds is 0. The average Bonchev–Trinajstić information content (AvgIpc) is 2.66. The van der Waals surface area contributed by atoms with E-state index in [1.165, 1.54) is 0 Å². The summed E-state index contributed by atoms with van der Waals surface area (Å²) in [5.41, 5.74) is 8.10. The Morgan fingerprint density at radius 2 is 1.95 bits per heavy atom. The summed E-state index contributed by atoms with van der Waals surface area (Å²) in [7, 11) is 0. The molecule has 0 saturated heterocycles. The molecule has 2 aliphatic rings. The lowest BCUT2D eigenvalue weighted by atomic mass is 10.0. The van der Waals surface area contributed by atoms with Gasteiger partial charge in [0.1, 0.15) is 17.6 Å². The standard InChI is InChI=1S/C15H15N3O2/c1-8-4-12-13(5-9(8)2)20-15(18-12)6-10(3)19-14(17)11(15)7-16/h4-6,18H,17H2,1-3H3/t15-/m0/s1. The molecule has 0 unspecified atom stereocenters. The second kappa shape index (κ2) is 3.94. The molecule has 0 radical (unpaired) electrons.